The number of methoxy groups -OCH3 is 1. The Morgan fingerprint density at radius 3 is 2.62 bits per heavy atom. The van der Waals surface area contributed by atoms with E-state index in [-0.39, 0.29) is 18.2 Å². The smallest absolute Gasteiger partial charge is 0.325 e. The van der Waals surface area contributed by atoms with Gasteiger partial charge in [-0.2, -0.15) is 0 Å². The summed E-state index contributed by atoms with van der Waals surface area (Å²) in [6.45, 7) is -0.170. The number of phenolic OH excluding ortho intramolecular Hbond substituents is 1. The van der Waals surface area contributed by atoms with Crippen LogP contribution in [0.5, 0.6) is 5.75 Å². The normalized spacial score (nSPS) is 15.0. The molecule has 0 heterocycles. The van der Waals surface area contributed by atoms with Crippen molar-refractivity contribution in [2.24, 2.45) is 0 Å². The fourth-order valence-corrected chi connectivity index (χ4v) is 2.63. The van der Waals surface area contributed by atoms with Crippen molar-refractivity contribution in [2.45, 2.75) is 31.7 Å². The monoisotopic (exact) mass is 295 g/mol. The average Bonchev–Trinajstić information content (AvgIpc) is 2.97. The Hall–Kier alpha value is -2.11. The van der Waals surface area contributed by atoms with Gasteiger partial charge in [0, 0.05) is 12.1 Å². The number of nitrogens with zero attached hydrogens (tertiary/aromatic N) is 1. The first-order valence-electron chi connectivity index (χ1n) is 6.89. The highest BCUT2D eigenvalue weighted by atomic mass is 19.1. The van der Waals surface area contributed by atoms with Crippen LogP contribution in [-0.4, -0.2) is 41.6 Å². The van der Waals surface area contributed by atoms with Crippen LogP contribution in [0.25, 0.3) is 0 Å². The lowest BCUT2D eigenvalue weighted by molar-refractivity contribution is -0.141. The molecule has 5 nitrogen and oxygen atoms in total. The minimum absolute atomic E-state index is 0.00722. The summed E-state index contributed by atoms with van der Waals surface area (Å²) in [5, 5.41) is 9.74. The van der Waals surface area contributed by atoms with Crippen LogP contribution in [-0.2, 0) is 9.53 Å². The Morgan fingerprint density at radius 2 is 2.05 bits per heavy atom. The highest BCUT2D eigenvalue weighted by Crippen LogP contribution is 2.27. The number of carbonyl (C=O) groups excluding carboxylic acids is 2. The van der Waals surface area contributed by atoms with Crippen LogP contribution >= 0.6 is 0 Å². The summed E-state index contributed by atoms with van der Waals surface area (Å²) in [7, 11) is 1.26. The zero-order chi connectivity index (χ0) is 15.4. The summed E-state index contributed by atoms with van der Waals surface area (Å²) in [6.07, 6.45) is 3.60. The molecule has 1 N–H and O–H groups in total. The molecule has 21 heavy (non-hydrogen) atoms. The van der Waals surface area contributed by atoms with Crippen molar-refractivity contribution in [3.05, 3.63) is 29.6 Å². The fourth-order valence-electron chi connectivity index (χ4n) is 2.63. The van der Waals surface area contributed by atoms with Gasteiger partial charge in [-0.05, 0) is 25.0 Å². The van der Waals surface area contributed by atoms with Crippen molar-refractivity contribution in [1.29, 1.82) is 0 Å². The number of amides is 1. The predicted molar refractivity (Wildman–Crippen MR) is 73.4 cm³/mol. The number of ether oxygens (including phenoxy) is 1. The maximum absolute atomic E-state index is 13.0. The summed E-state index contributed by atoms with van der Waals surface area (Å²) in [4.78, 5) is 25.5. The van der Waals surface area contributed by atoms with Gasteiger partial charge in [-0.1, -0.05) is 12.8 Å². The molecule has 6 heteroatoms. The molecule has 0 aliphatic heterocycles. The second-order valence-electron chi connectivity index (χ2n) is 5.11. The number of phenols is 1. The molecule has 0 unspecified atom stereocenters. The summed E-state index contributed by atoms with van der Waals surface area (Å²) in [6, 6.07) is 3.17. The van der Waals surface area contributed by atoms with E-state index in [1.54, 1.807) is 0 Å². The Bertz CT molecular complexity index is 540. The van der Waals surface area contributed by atoms with Gasteiger partial charge in [0.15, 0.2) is 0 Å². The van der Waals surface area contributed by atoms with Gasteiger partial charge in [0.05, 0.1) is 12.7 Å². The average molecular weight is 295 g/mol. The van der Waals surface area contributed by atoms with Gasteiger partial charge in [-0.3, -0.25) is 9.59 Å². The van der Waals surface area contributed by atoms with Crippen LogP contribution in [0.15, 0.2) is 18.2 Å². The van der Waals surface area contributed by atoms with Crippen LogP contribution < -0.4 is 0 Å². The number of hydrogen-bond acceptors (Lipinski definition) is 4. The second kappa shape index (κ2) is 6.56. The Morgan fingerprint density at radius 1 is 1.38 bits per heavy atom. The third kappa shape index (κ3) is 3.51. The molecule has 0 atom stereocenters. The molecule has 1 aliphatic carbocycles. The first-order chi connectivity index (χ1) is 10.0. The molecule has 0 bridgehead atoms. The lowest BCUT2D eigenvalue weighted by atomic mass is 10.1. The van der Waals surface area contributed by atoms with E-state index in [1.807, 2.05) is 0 Å². The van der Waals surface area contributed by atoms with E-state index in [4.69, 9.17) is 0 Å². The Balaban J connectivity index is 2.26. The van der Waals surface area contributed by atoms with Crippen LogP contribution in [0.4, 0.5) is 4.39 Å². The number of aromatic hydroxyl groups is 1. The van der Waals surface area contributed by atoms with Crippen molar-refractivity contribution in [2.75, 3.05) is 13.7 Å². The van der Waals surface area contributed by atoms with E-state index >= 15 is 0 Å². The molecule has 2 rings (SSSR count). The van der Waals surface area contributed by atoms with Crippen LogP contribution in [0.3, 0.4) is 0 Å². The highest BCUT2D eigenvalue weighted by molar-refractivity contribution is 5.98. The van der Waals surface area contributed by atoms with Gasteiger partial charge >= 0.3 is 5.97 Å². The maximum atomic E-state index is 13.0. The SMILES string of the molecule is COC(=O)CN(C(=O)c1ccc(F)cc1O)C1CCCC1. The van der Waals surface area contributed by atoms with Crippen LogP contribution in [0.1, 0.15) is 36.0 Å². The topological polar surface area (TPSA) is 66.8 Å². The first-order valence-corrected chi connectivity index (χ1v) is 6.89. The van der Waals surface area contributed by atoms with Crippen molar-refractivity contribution in [3.63, 3.8) is 0 Å². The second-order valence-corrected chi connectivity index (χ2v) is 5.11. The summed E-state index contributed by atoms with van der Waals surface area (Å²) in [5.41, 5.74) is -0.00722. The quantitative estimate of drug-likeness (QED) is 0.864. The predicted octanol–water partition coefficient (Wildman–Crippen LogP) is 2.09. The molecule has 0 aromatic heterocycles. The van der Waals surface area contributed by atoms with Crippen molar-refractivity contribution in [1.82, 2.24) is 4.90 Å². The lowest BCUT2D eigenvalue weighted by Gasteiger charge is -2.28. The zero-order valence-electron chi connectivity index (χ0n) is 11.8. The number of hydrogen-bond donors (Lipinski definition) is 1. The van der Waals surface area contributed by atoms with E-state index in [1.165, 1.54) is 18.1 Å². The first kappa shape index (κ1) is 15.3. The third-order valence-corrected chi connectivity index (χ3v) is 3.74. The Labute approximate surface area is 122 Å². The van der Waals surface area contributed by atoms with E-state index in [9.17, 15) is 19.1 Å². The van der Waals surface area contributed by atoms with Crippen LogP contribution in [0.2, 0.25) is 0 Å². The maximum Gasteiger partial charge on any atom is 0.325 e. The molecule has 114 valence electrons. The van der Waals surface area contributed by atoms with Crippen LogP contribution in [0, 0.1) is 5.82 Å². The molecule has 1 saturated carbocycles. The van der Waals surface area contributed by atoms with Crippen molar-refractivity contribution in [3.8, 4) is 5.75 Å². The molecule has 1 aromatic carbocycles. The standard InChI is InChI=1S/C15H18FNO4/c1-21-14(19)9-17(11-4-2-3-5-11)15(20)12-7-6-10(16)8-13(12)18/h6-8,11,18H,2-5,9H2,1H3. The van der Waals surface area contributed by atoms with Crippen molar-refractivity contribution >= 4 is 11.9 Å². The number of carbonyl (C=O) groups is 2. The van der Waals surface area contributed by atoms with E-state index < -0.39 is 23.4 Å². The molecule has 0 spiro atoms. The third-order valence-electron chi connectivity index (χ3n) is 3.74. The lowest BCUT2D eigenvalue weighted by Crippen LogP contribution is -2.42. The van der Waals surface area contributed by atoms with Crippen molar-refractivity contribution < 1.29 is 23.8 Å². The van der Waals surface area contributed by atoms with Gasteiger partial charge in [0.1, 0.15) is 18.1 Å². The summed E-state index contributed by atoms with van der Waals surface area (Å²) >= 11 is 0. The van der Waals surface area contributed by atoms with E-state index in [0.717, 1.165) is 37.8 Å². The molecule has 1 aromatic rings. The molecule has 0 radical (unpaired) electrons. The van der Waals surface area contributed by atoms with Gasteiger partial charge in [-0.15, -0.1) is 0 Å². The molecule has 1 fully saturated rings. The zero-order valence-corrected chi connectivity index (χ0v) is 11.8. The van der Waals surface area contributed by atoms with E-state index in [2.05, 4.69) is 4.74 Å². The Kier molecular flexibility index (Phi) is 4.77. The highest BCUT2D eigenvalue weighted by Gasteiger charge is 2.30. The number of rotatable bonds is 4. The number of esters is 1. The van der Waals surface area contributed by atoms with Gasteiger partial charge < -0.3 is 14.7 Å². The summed E-state index contributed by atoms with van der Waals surface area (Å²) < 4.78 is 17.6. The van der Waals surface area contributed by atoms with Gasteiger partial charge in [0.2, 0.25) is 0 Å². The molecule has 0 saturated heterocycles. The number of halogens is 1. The number of benzene rings is 1. The molecule has 1 aliphatic rings. The molecular formula is C15H18FNO4. The van der Waals surface area contributed by atoms with E-state index in [0.29, 0.717) is 0 Å². The summed E-state index contributed by atoms with van der Waals surface area (Å²) in [5.74, 6) is -2.04. The minimum Gasteiger partial charge on any atom is -0.507 e. The van der Waals surface area contributed by atoms with Gasteiger partial charge in [0.25, 0.3) is 5.91 Å². The fraction of sp³-hybridized carbons (Fsp3) is 0.467. The van der Waals surface area contributed by atoms with Gasteiger partial charge in [-0.25, -0.2) is 4.39 Å². The molecular weight excluding hydrogens is 277 g/mol. The largest absolute Gasteiger partial charge is 0.507 e. The molecule has 1 amide bonds. The minimum atomic E-state index is -0.621.